The Hall–Kier alpha value is -4.74. The molecule has 12 heteroatoms. The average Bonchev–Trinajstić information content (AvgIpc) is 3.00. The molecule has 2 unspecified atom stereocenters. The quantitative estimate of drug-likeness (QED) is 0.256. The summed E-state index contributed by atoms with van der Waals surface area (Å²) in [6, 6.07) is 10.6. The first-order chi connectivity index (χ1) is 21.5. The van der Waals surface area contributed by atoms with Gasteiger partial charge in [-0.25, -0.2) is 14.0 Å². The maximum atomic E-state index is 13.8. The molecular formula is C33H42FN5O6. The number of benzene rings is 2. The van der Waals surface area contributed by atoms with Crippen LogP contribution in [-0.2, 0) is 36.8 Å². The first-order valence-electron chi connectivity index (χ1n) is 15.1. The van der Waals surface area contributed by atoms with Gasteiger partial charge in [-0.15, -0.1) is 0 Å². The first-order valence-corrected chi connectivity index (χ1v) is 15.1. The van der Waals surface area contributed by atoms with Gasteiger partial charge in [0.2, 0.25) is 17.7 Å². The van der Waals surface area contributed by atoms with Gasteiger partial charge < -0.3 is 31.3 Å². The van der Waals surface area contributed by atoms with E-state index in [0.29, 0.717) is 24.9 Å². The number of methoxy groups -OCH3 is 1. The number of hydrogen-bond acceptors (Lipinski definition) is 6. The third-order valence-corrected chi connectivity index (χ3v) is 7.32. The van der Waals surface area contributed by atoms with Gasteiger partial charge in [0.05, 0.1) is 13.2 Å². The molecule has 11 nitrogen and oxygen atoms in total. The van der Waals surface area contributed by atoms with E-state index in [-0.39, 0.29) is 31.1 Å². The summed E-state index contributed by atoms with van der Waals surface area (Å²) in [5.41, 5.74) is 1.38. The number of halogens is 1. The molecule has 0 aromatic heterocycles. The number of carbonyl (C=O) groups is 5. The molecule has 242 valence electrons. The van der Waals surface area contributed by atoms with Crippen LogP contribution in [0.5, 0.6) is 0 Å². The summed E-state index contributed by atoms with van der Waals surface area (Å²) in [5.74, 6) is -2.70. The van der Waals surface area contributed by atoms with E-state index in [1.807, 2.05) is 30.3 Å². The SMILES string of the molecule is COC(=O)C(NC(=O)NC(Cc1ccccc1)C(=O)N[C@H]1CCCCNC(=O)C=C[C@H](Cc2cccc(F)c2)NC1=O)C(C)C. The van der Waals surface area contributed by atoms with Crippen LogP contribution in [0.4, 0.5) is 9.18 Å². The second-order valence-corrected chi connectivity index (χ2v) is 11.3. The second kappa shape index (κ2) is 17.5. The lowest BCUT2D eigenvalue weighted by atomic mass is 10.0. The van der Waals surface area contributed by atoms with E-state index >= 15 is 0 Å². The molecule has 5 amide bonds. The highest BCUT2D eigenvalue weighted by molar-refractivity contribution is 5.93. The lowest BCUT2D eigenvalue weighted by Gasteiger charge is -2.26. The number of esters is 1. The zero-order valence-corrected chi connectivity index (χ0v) is 25.8. The third kappa shape index (κ3) is 11.7. The smallest absolute Gasteiger partial charge is 0.328 e. The molecule has 0 fully saturated rings. The van der Waals surface area contributed by atoms with Crippen molar-refractivity contribution >= 4 is 29.7 Å². The van der Waals surface area contributed by atoms with Gasteiger partial charge in [0.1, 0.15) is 23.9 Å². The molecule has 0 spiro atoms. The predicted molar refractivity (Wildman–Crippen MR) is 166 cm³/mol. The van der Waals surface area contributed by atoms with Crippen LogP contribution in [0.25, 0.3) is 0 Å². The van der Waals surface area contributed by atoms with Crippen molar-refractivity contribution in [3.05, 3.63) is 83.7 Å². The molecule has 45 heavy (non-hydrogen) atoms. The summed E-state index contributed by atoms with van der Waals surface area (Å²) in [4.78, 5) is 64.7. The van der Waals surface area contributed by atoms with Crippen molar-refractivity contribution in [3.63, 3.8) is 0 Å². The molecule has 1 aliphatic heterocycles. The topological polar surface area (TPSA) is 155 Å². The average molecular weight is 624 g/mol. The molecule has 1 aliphatic rings. The Morgan fingerprint density at radius 3 is 2.42 bits per heavy atom. The maximum Gasteiger partial charge on any atom is 0.328 e. The number of hydrogen-bond donors (Lipinski definition) is 5. The number of rotatable bonds is 10. The Morgan fingerprint density at radius 1 is 1.00 bits per heavy atom. The first kappa shape index (κ1) is 34.7. The number of nitrogens with one attached hydrogen (secondary N) is 5. The van der Waals surface area contributed by atoms with E-state index in [1.54, 1.807) is 26.0 Å². The largest absolute Gasteiger partial charge is 0.467 e. The highest BCUT2D eigenvalue weighted by Crippen LogP contribution is 2.11. The fourth-order valence-corrected chi connectivity index (χ4v) is 4.88. The van der Waals surface area contributed by atoms with Crippen molar-refractivity contribution in [3.8, 4) is 0 Å². The van der Waals surface area contributed by atoms with Gasteiger partial charge in [0, 0.05) is 19.0 Å². The molecule has 2 aromatic rings. The lowest BCUT2D eigenvalue weighted by Crippen LogP contribution is -2.58. The zero-order valence-electron chi connectivity index (χ0n) is 25.8. The van der Waals surface area contributed by atoms with E-state index in [2.05, 4.69) is 26.6 Å². The van der Waals surface area contributed by atoms with Crippen LogP contribution in [0.3, 0.4) is 0 Å². The van der Waals surface area contributed by atoms with Gasteiger partial charge in [0.25, 0.3) is 0 Å². The van der Waals surface area contributed by atoms with E-state index in [1.165, 1.54) is 31.4 Å². The van der Waals surface area contributed by atoms with E-state index in [4.69, 9.17) is 4.74 Å². The highest BCUT2D eigenvalue weighted by atomic mass is 19.1. The van der Waals surface area contributed by atoms with Gasteiger partial charge in [-0.05, 0) is 54.9 Å². The maximum absolute atomic E-state index is 13.8. The Morgan fingerprint density at radius 2 is 1.73 bits per heavy atom. The normalized spacial score (nSPS) is 18.7. The van der Waals surface area contributed by atoms with Crippen LogP contribution >= 0.6 is 0 Å². The van der Waals surface area contributed by atoms with E-state index in [0.717, 1.165) is 5.56 Å². The van der Waals surface area contributed by atoms with Crippen molar-refractivity contribution < 1.29 is 33.1 Å². The third-order valence-electron chi connectivity index (χ3n) is 7.32. The summed E-state index contributed by atoms with van der Waals surface area (Å²) in [7, 11) is 1.23. The molecule has 0 radical (unpaired) electrons. The summed E-state index contributed by atoms with van der Waals surface area (Å²) in [5, 5.41) is 13.7. The van der Waals surface area contributed by atoms with Crippen molar-refractivity contribution in [2.24, 2.45) is 5.92 Å². The molecule has 5 N–H and O–H groups in total. The van der Waals surface area contributed by atoms with Crippen LogP contribution in [0, 0.1) is 11.7 Å². The monoisotopic (exact) mass is 623 g/mol. The van der Waals surface area contributed by atoms with Crippen molar-refractivity contribution in [2.45, 2.75) is 70.1 Å². The van der Waals surface area contributed by atoms with E-state index in [9.17, 15) is 28.4 Å². The predicted octanol–water partition coefficient (Wildman–Crippen LogP) is 2.30. The number of amides is 5. The van der Waals surface area contributed by atoms with Gasteiger partial charge >= 0.3 is 12.0 Å². The molecule has 0 aliphatic carbocycles. The van der Waals surface area contributed by atoms with Crippen LogP contribution in [0.1, 0.15) is 44.2 Å². The van der Waals surface area contributed by atoms with Crippen molar-refractivity contribution in [2.75, 3.05) is 13.7 Å². The van der Waals surface area contributed by atoms with Crippen LogP contribution in [-0.4, -0.2) is 67.5 Å². The number of ether oxygens (including phenoxy) is 1. The molecule has 3 rings (SSSR count). The van der Waals surface area contributed by atoms with E-state index < -0.39 is 53.8 Å². The van der Waals surface area contributed by atoms with Crippen molar-refractivity contribution in [1.82, 2.24) is 26.6 Å². The fraction of sp³-hybridized carbons (Fsp3) is 0.424. The minimum atomic E-state index is -1.09. The molecule has 0 saturated heterocycles. The standard InChI is InChI=1S/C33H42FN5O6/c1-21(2)29(32(43)45-3)39-33(44)38-27(20-22-10-5-4-6-11-22)31(42)37-26-14-7-8-17-35-28(40)16-15-25(36-30(26)41)19-23-12-9-13-24(34)18-23/h4-6,9-13,15-16,18,21,25-27,29H,7-8,14,17,19-20H2,1-3H3,(H,35,40)(H,36,41)(H,37,42)(H2,38,39,44)/t25-,26+,27?,29?/m1/s1. The molecule has 4 atom stereocenters. The molecule has 0 saturated carbocycles. The lowest BCUT2D eigenvalue weighted by molar-refractivity contribution is -0.144. The zero-order chi connectivity index (χ0) is 32.8. The van der Waals surface area contributed by atoms with Gasteiger partial charge in [0.15, 0.2) is 0 Å². The molecule has 1 heterocycles. The number of urea groups is 1. The Bertz CT molecular complexity index is 1350. The Labute approximate surface area is 262 Å². The highest BCUT2D eigenvalue weighted by Gasteiger charge is 2.30. The van der Waals surface area contributed by atoms with Crippen LogP contribution in [0.15, 0.2) is 66.7 Å². The van der Waals surface area contributed by atoms with Gasteiger partial charge in [-0.2, -0.15) is 0 Å². The molecular weight excluding hydrogens is 581 g/mol. The summed E-state index contributed by atoms with van der Waals surface area (Å²) in [6.07, 6.45) is 4.56. The summed E-state index contributed by atoms with van der Waals surface area (Å²) in [6.45, 7) is 3.89. The van der Waals surface area contributed by atoms with Gasteiger partial charge in [-0.1, -0.05) is 62.4 Å². The van der Waals surface area contributed by atoms with Crippen LogP contribution in [0.2, 0.25) is 0 Å². The summed E-state index contributed by atoms with van der Waals surface area (Å²) >= 11 is 0. The minimum Gasteiger partial charge on any atom is -0.467 e. The molecule has 0 bridgehead atoms. The Balaban J connectivity index is 1.81. The minimum absolute atomic E-state index is 0.121. The fourth-order valence-electron chi connectivity index (χ4n) is 4.88. The molecule has 2 aromatic carbocycles. The van der Waals surface area contributed by atoms with Crippen molar-refractivity contribution in [1.29, 1.82) is 0 Å². The Kier molecular flexibility index (Phi) is 13.5. The number of carbonyl (C=O) groups excluding carboxylic acids is 5. The summed E-state index contributed by atoms with van der Waals surface area (Å²) < 4.78 is 18.6. The second-order valence-electron chi connectivity index (χ2n) is 11.3. The van der Waals surface area contributed by atoms with Gasteiger partial charge in [-0.3, -0.25) is 14.4 Å². The van der Waals surface area contributed by atoms with Crippen LogP contribution < -0.4 is 26.6 Å².